The molecule has 110 valence electrons. The average Bonchev–Trinajstić information content (AvgIpc) is 2.84. The molecule has 1 fully saturated rings. The molecule has 0 radical (unpaired) electrons. The predicted molar refractivity (Wildman–Crippen MR) is 95.6 cm³/mol. The van der Waals surface area contributed by atoms with Crippen molar-refractivity contribution in [2.75, 3.05) is 31.2 Å². The van der Waals surface area contributed by atoms with Gasteiger partial charge < -0.3 is 15.4 Å². The van der Waals surface area contributed by atoms with E-state index in [1.165, 1.54) is 0 Å². The van der Waals surface area contributed by atoms with Gasteiger partial charge >= 0.3 is 0 Å². The lowest BCUT2D eigenvalue weighted by molar-refractivity contribution is 0.332. The zero-order valence-corrected chi connectivity index (χ0v) is 14.8. The van der Waals surface area contributed by atoms with Crippen LogP contribution >= 0.6 is 47.3 Å². The molecule has 0 saturated carbocycles. The SMILES string of the molecule is I.NC(=NC1COc2cccc(Cl)c21)N1CCSCC1. The van der Waals surface area contributed by atoms with Gasteiger partial charge in [-0.1, -0.05) is 17.7 Å². The minimum Gasteiger partial charge on any atom is -0.491 e. The molecule has 3 rings (SSSR count). The summed E-state index contributed by atoms with van der Waals surface area (Å²) in [7, 11) is 0. The van der Waals surface area contributed by atoms with Crippen molar-refractivity contribution in [2.24, 2.45) is 10.7 Å². The summed E-state index contributed by atoms with van der Waals surface area (Å²) in [6.45, 7) is 2.44. The van der Waals surface area contributed by atoms with E-state index in [9.17, 15) is 0 Å². The van der Waals surface area contributed by atoms with Gasteiger partial charge in [0.25, 0.3) is 0 Å². The minimum atomic E-state index is -0.0849. The lowest BCUT2D eigenvalue weighted by Gasteiger charge is -2.27. The van der Waals surface area contributed by atoms with Gasteiger partial charge in [-0.2, -0.15) is 11.8 Å². The minimum absolute atomic E-state index is 0. The molecule has 4 nitrogen and oxygen atoms in total. The fourth-order valence-corrected chi connectivity index (χ4v) is 3.55. The number of benzene rings is 1. The molecule has 1 atom stereocenters. The molecule has 20 heavy (non-hydrogen) atoms. The Balaban J connectivity index is 0.00000147. The highest BCUT2D eigenvalue weighted by molar-refractivity contribution is 14.0. The van der Waals surface area contributed by atoms with Crippen molar-refractivity contribution >= 4 is 53.3 Å². The van der Waals surface area contributed by atoms with Gasteiger partial charge in [0.05, 0.1) is 0 Å². The van der Waals surface area contributed by atoms with Crippen molar-refractivity contribution in [3.8, 4) is 5.75 Å². The summed E-state index contributed by atoms with van der Waals surface area (Å²) in [5, 5.41) is 0.700. The number of rotatable bonds is 1. The monoisotopic (exact) mass is 425 g/mol. The average molecular weight is 426 g/mol. The van der Waals surface area contributed by atoms with E-state index < -0.39 is 0 Å². The molecule has 1 saturated heterocycles. The lowest BCUT2D eigenvalue weighted by Crippen LogP contribution is -2.42. The first kappa shape index (κ1) is 16.0. The van der Waals surface area contributed by atoms with E-state index in [1.807, 2.05) is 30.0 Å². The van der Waals surface area contributed by atoms with Crippen LogP contribution in [-0.2, 0) is 0 Å². The van der Waals surface area contributed by atoms with Crippen LogP contribution in [-0.4, -0.2) is 42.1 Å². The van der Waals surface area contributed by atoms with E-state index in [-0.39, 0.29) is 30.0 Å². The summed E-state index contributed by atoms with van der Waals surface area (Å²) in [5.74, 6) is 3.63. The molecular formula is C13H17ClIN3OS. The summed E-state index contributed by atoms with van der Waals surface area (Å²) in [4.78, 5) is 6.73. The van der Waals surface area contributed by atoms with Gasteiger partial charge in [-0.3, -0.25) is 0 Å². The predicted octanol–water partition coefficient (Wildman–Crippen LogP) is 2.76. The van der Waals surface area contributed by atoms with Gasteiger partial charge in [-0.25, -0.2) is 4.99 Å². The maximum atomic E-state index is 6.23. The summed E-state index contributed by atoms with van der Waals surface area (Å²) in [5.41, 5.74) is 7.06. The first-order valence-corrected chi connectivity index (χ1v) is 7.86. The van der Waals surface area contributed by atoms with E-state index >= 15 is 0 Å². The molecule has 0 spiro atoms. The number of halogens is 2. The number of hydrogen-bond acceptors (Lipinski definition) is 3. The van der Waals surface area contributed by atoms with Crippen molar-refractivity contribution < 1.29 is 4.74 Å². The van der Waals surface area contributed by atoms with Gasteiger partial charge in [-0.15, -0.1) is 24.0 Å². The topological polar surface area (TPSA) is 50.9 Å². The van der Waals surface area contributed by atoms with Crippen LogP contribution in [0.3, 0.4) is 0 Å². The normalized spacial score (nSPS) is 21.9. The molecule has 1 unspecified atom stereocenters. The molecule has 1 aromatic rings. The number of hydrogen-bond donors (Lipinski definition) is 1. The van der Waals surface area contributed by atoms with Crippen molar-refractivity contribution in [1.82, 2.24) is 4.90 Å². The number of aliphatic imine (C=N–C) groups is 1. The second-order valence-corrected chi connectivity index (χ2v) is 6.20. The molecular weight excluding hydrogens is 409 g/mol. The van der Waals surface area contributed by atoms with E-state index in [2.05, 4.69) is 9.89 Å². The molecule has 0 aliphatic carbocycles. The third-order valence-corrected chi connectivity index (χ3v) is 4.64. The number of guanidine groups is 1. The third kappa shape index (κ3) is 3.28. The van der Waals surface area contributed by atoms with E-state index in [0.717, 1.165) is 35.9 Å². The van der Waals surface area contributed by atoms with Crippen LogP contribution in [0.1, 0.15) is 11.6 Å². The van der Waals surface area contributed by atoms with Crippen molar-refractivity contribution in [3.63, 3.8) is 0 Å². The smallest absolute Gasteiger partial charge is 0.192 e. The molecule has 2 aliphatic heterocycles. The van der Waals surface area contributed by atoms with Gasteiger partial charge in [0.15, 0.2) is 5.96 Å². The summed E-state index contributed by atoms with van der Waals surface area (Å²) >= 11 is 8.18. The molecule has 0 bridgehead atoms. The highest BCUT2D eigenvalue weighted by Gasteiger charge is 2.27. The standard InChI is InChI=1S/C13H16ClN3OS.HI/c14-9-2-1-3-11-12(9)10(8-18-11)16-13(15)17-4-6-19-7-5-17;/h1-3,10H,4-8H2,(H2,15,16);1H. The molecule has 7 heteroatoms. The van der Waals surface area contributed by atoms with Crippen LogP contribution in [0.2, 0.25) is 5.02 Å². The Labute approximate surface area is 145 Å². The molecule has 0 amide bonds. The molecule has 2 N–H and O–H groups in total. The van der Waals surface area contributed by atoms with Gasteiger partial charge in [0, 0.05) is 35.2 Å². The highest BCUT2D eigenvalue weighted by atomic mass is 127. The Kier molecular flexibility index (Phi) is 5.68. The number of ether oxygens (including phenoxy) is 1. The van der Waals surface area contributed by atoms with Crippen LogP contribution in [0, 0.1) is 0 Å². The summed E-state index contributed by atoms with van der Waals surface area (Å²) in [6.07, 6.45) is 0. The number of thioether (sulfide) groups is 1. The van der Waals surface area contributed by atoms with Crippen LogP contribution in [0.5, 0.6) is 5.75 Å². The van der Waals surface area contributed by atoms with Crippen molar-refractivity contribution in [2.45, 2.75) is 6.04 Å². The Morgan fingerprint density at radius 1 is 1.40 bits per heavy atom. The van der Waals surface area contributed by atoms with Gasteiger partial charge in [0.2, 0.25) is 0 Å². The summed E-state index contributed by atoms with van der Waals surface area (Å²) in [6, 6.07) is 5.59. The van der Waals surface area contributed by atoms with Gasteiger partial charge in [0.1, 0.15) is 18.4 Å². The third-order valence-electron chi connectivity index (χ3n) is 3.37. The van der Waals surface area contributed by atoms with Gasteiger partial charge in [-0.05, 0) is 12.1 Å². The summed E-state index contributed by atoms with van der Waals surface area (Å²) < 4.78 is 5.61. The largest absolute Gasteiger partial charge is 0.491 e. The maximum Gasteiger partial charge on any atom is 0.192 e. The maximum absolute atomic E-state index is 6.23. The van der Waals surface area contributed by atoms with E-state index in [4.69, 9.17) is 22.1 Å². The van der Waals surface area contributed by atoms with E-state index in [0.29, 0.717) is 17.6 Å². The van der Waals surface area contributed by atoms with E-state index in [1.54, 1.807) is 0 Å². The Hall–Kier alpha value is -0.340. The molecule has 1 aromatic carbocycles. The number of fused-ring (bicyclic) bond motifs is 1. The second-order valence-electron chi connectivity index (χ2n) is 4.57. The highest BCUT2D eigenvalue weighted by Crippen LogP contribution is 2.39. The van der Waals surface area contributed by atoms with Crippen molar-refractivity contribution in [1.29, 1.82) is 0 Å². The number of nitrogens with zero attached hydrogens (tertiary/aromatic N) is 2. The Bertz CT molecular complexity index is 508. The molecule has 2 heterocycles. The fraction of sp³-hybridized carbons (Fsp3) is 0.462. The zero-order valence-electron chi connectivity index (χ0n) is 10.9. The van der Waals surface area contributed by atoms with Crippen LogP contribution in [0.15, 0.2) is 23.2 Å². The zero-order chi connectivity index (χ0) is 13.2. The van der Waals surface area contributed by atoms with Crippen LogP contribution in [0.25, 0.3) is 0 Å². The Morgan fingerprint density at radius 3 is 2.90 bits per heavy atom. The fourth-order valence-electron chi connectivity index (χ4n) is 2.35. The lowest BCUT2D eigenvalue weighted by atomic mass is 10.1. The van der Waals surface area contributed by atoms with Crippen molar-refractivity contribution in [3.05, 3.63) is 28.8 Å². The molecule has 0 aromatic heterocycles. The Morgan fingerprint density at radius 2 is 2.15 bits per heavy atom. The molecule has 2 aliphatic rings. The van der Waals surface area contributed by atoms with Crippen LogP contribution < -0.4 is 10.5 Å². The first-order valence-electron chi connectivity index (χ1n) is 6.33. The van der Waals surface area contributed by atoms with Crippen LogP contribution in [0.4, 0.5) is 0 Å². The quantitative estimate of drug-likeness (QED) is 0.427. The number of nitrogens with two attached hydrogens (primary N) is 1. The first-order chi connectivity index (χ1) is 9.25. The second kappa shape index (κ2) is 7.09.